The molecule has 0 saturated carbocycles. The predicted molar refractivity (Wildman–Crippen MR) is 131 cm³/mol. The summed E-state index contributed by atoms with van der Waals surface area (Å²) in [7, 11) is 0. The first-order valence-electron chi connectivity index (χ1n) is 11.4. The minimum atomic E-state index is -0.759. The van der Waals surface area contributed by atoms with Gasteiger partial charge in [0.1, 0.15) is 23.2 Å². The van der Waals surface area contributed by atoms with Crippen LogP contribution in [0.3, 0.4) is 0 Å². The molecule has 1 amide bonds. The molecule has 0 unspecified atom stereocenters. The van der Waals surface area contributed by atoms with Crippen LogP contribution in [0.1, 0.15) is 62.9 Å². The van der Waals surface area contributed by atoms with E-state index in [2.05, 4.69) is 5.16 Å². The van der Waals surface area contributed by atoms with Crippen molar-refractivity contribution in [1.82, 2.24) is 4.90 Å². The van der Waals surface area contributed by atoms with E-state index in [9.17, 15) is 19.8 Å². The second kappa shape index (κ2) is 13.0. The molecule has 1 aliphatic heterocycles. The summed E-state index contributed by atoms with van der Waals surface area (Å²) in [6.07, 6.45) is 7.36. The van der Waals surface area contributed by atoms with Crippen LogP contribution in [0, 0.1) is 0 Å². The number of nitrogens with zero attached hydrogens (tertiary/aromatic N) is 2. The molecule has 0 aliphatic carbocycles. The topological polar surface area (TPSA) is 109 Å². The van der Waals surface area contributed by atoms with Gasteiger partial charge in [0.05, 0.1) is 10.7 Å². The Bertz CT molecular complexity index is 982. The molecule has 0 fully saturated rings. The third-order valence-corrected chi connectivity index (χ3v) is 5.85. The van der Waals surface area contributed by atoms with Crippen LogP contribution in [0.25, 0.3) is 0 Å². The number of rotatable bonds is 5. The normalized spacial score (nSPS) is 18.5. The Morgan fingerprint density at radius 3 is 2.65 bits per heavy atom. The smallest absolute Gasteiger partial charge is 0.342 e. The van der Waals surface area contributed by atoms with E-state index in [1.807, 2.05) is 32.9 Å². The number of cyclic esters (lactones) is 1. The van der Waals surface area contributed by atoms with Crippen LogP contribution in [0.4, 0.5) is 0 Å². The molecular formula is C25H33ClN2O6. The van der Waals surface area contributed by atoms with Gasteiger partial charge in [0.15, 0.2) is 6.61 Å². The van der Waals surface area contributed by atoms with E-state index in [0.717, 1.165) is 24.5 Å². The van der Waals surface area contributed by atoms with Crippen LogP contribution < -0.4 is 0 Å². The largest absolute Gasteiger partial charge is 0.507 e. The monoisotopic (exact) mass is 492 g/mol. The lowest BCUT2D eigenvalue weighted by Gasteiger charge is -2.18. The van der Waals surface area contributed by atoms with Crippen LogP contribution in [0.2, 0.25) is 5.02 Å². The van der Waals surface area contributed by atoms with Crippen molar-refractivity contribution in [2.24, 2.45) is 5.16 Å². The maximum Gasteiger partial charge on any atom is 0.342 e. The Kier molecular flexibility index (Phi) is 10.4. The minimum absolute atomic E-state index is 0.0355. The number of phenolic OH excluding ortho intramolecular Hbond substituents is 2. The molecule has 2 N–H and O–H groups in total. The van der Waals surface area contributed by atoms with Crippen LogP contribution in [-0.4, -0.2) is 58.5 Å². The van der Waals surface area contributed by atoms with Crippen LogP contribution in [0.15, 0.2) is 35.0 Å². The molecule has 2 rings (SSSR count). The van der Waals surface area contributed by atoms with Gasteiger partial charge in [-0.05, 0) is 52.2 Å². The third kappa shape index (κ3) is 7.52. The van der Waals surface area contributed by atoms with Crippen molar-refractivity contribution >= 4 is 29.2 Å². The van der Waals surface area contributed by atoms with E-state index in [4.69, 9.17) is 21.2 Å². The first-order valence-corrected chi connectivity index (χ1v) is 11.8. The number of benzene rings is 1. The van der Waals surface area contributed by atoms with Gasteiger partial charge in [-0.1, -0.05) is 34.5 Å². The fourth-order valence-electron chi connectivity index (χ4n) is 3.57. The van der Waals surface area contributed by atoms with Crippen molar-refractivity contribution in [2.75, 3.05) is 19.7 Å². The fourth-order valence-corrected chi connectivity index (χ4v) is 3.79. The number of likely N-dealkylation sites (N-methyl/N-ethyl adjacent to an activating group) is 1. The van der Waals surface area contributed by atoms with E-state index in [1.54, 1.807) is 17.9 Å². The zero-order valence-electron chi connectivity index (χ0n) is 20.1. The SMILES string of the molecule is CCN(CC)C(=O)CON=C1C=C(C)CCC=CC[C@@H](C)OC(=O)c2c(O)cc(O)c(Cl)c2C1. The number of aromatic hydroxyl groups is 2. The number of oxime groups is 1. The number of amides is 1. The van der Waals surface area contributed by atoms with Gasteiger partial charge in [0, 0.05) is 32.0 Å². The van der Waals surface area contributed by atoms with Crippen LogP contribution in [0.5, 0.6) is 11.5 Å². The summed E-state index contributed by atoms with van der Waals surface area (Å²) in [4.78, 5) is 32.1. The number of fused-ring (bicyclic) bond motifs is 1. The molecule has 0 spiro atoms. The molecule has 34 heavy (non-hydrogen) atoms. The maximum absolute atomic E-state index is 12.9. The summed E-state index contributed by atoms with van der Waals surface area (Å²) >= 11 is 6.34. The van der Waals surface area contributed by atoms with Gasteiger partial charge in [-0.15, -0.1) is 0 Å². The Morgan fingerprint density at radius 2 is 1.97 bits per heavy atom. The number of allylic oxidation sites excluding steroid dienone is 3. The molecule has 1 aliphatic rings. The van der Waals surface area contributed by atoms with Gasteiger partial charge in [0.25, 0.3) is 5.91 Å². The highest BCUT2D eigenvalue weighted by molar-refractivity contribution is 6.33. The summed E-state index contributed by atoms with van der Waals surface area (Å²) in [5, 5.41) is 24.7. The van der Waals surface area contributed by atoms with Gasteiger partial charge in [-0.2, -0.15) is 0 Å². The lowest BCUT2D eigenvalue weighted by Crippen LogP contribution is -2.33. The third-order valence-electron chi connectivity index (χ3n) is 5.43. The lowest BCUT2D eigenvalue weighted by molar-refractivity contribution is -0.135. The number of hydrogen-bond acceptors (Lipinski definition) is 7. The zero-order valence-corrected chi connectivity index (χ0v) is 20.9. The number of esters is 1. The van der Waals surface area contributed by atoms with Gasteiger partial charge in [-0.25, -0.2) is 4.79 Å². The molecular weight excluding hydrogens is 460 g/mol. The molecule has 186 valence electrons. The molecule has 1 aromatic carbocycles. The molecule has 0 saturated heterocycles. The molecule has 1 atom stereocenters. The molecule has 1 heterocycles. The van der Waals surface area contributed by atoms with Crippen molar-refractivity contribution in [3.63, 3.8) is 0 Å². The Hall–Kier alpha value is -3.00. The van der Waals surface area contributed by atoms with Crippen molar-refractivity contribution in [2.45, 2.75) is 59.5 Å². The molecule has 0 aromatic heterocycles. The second-order valence-corrected chi connectivity index (χ2v) is 8.51. The zero-order chi connectivity index (χ0) is 25.3. The average molecular weight is 493 g/mol. The van der Waals surface area contributed by atoms with Gasteiger partial charge in [0.2, 0.25) is 0 Å². The summed E-state index contributed by atoms with van der Waals surface area (Å²) in [5.41, 5.74) is 1.38. The summed E-state index contributed by atoms with van der Waals surface area (Å²) in [5.74, 6) is -1.78. The summed E-state index contributed by atoms with van der Waals surface area (Å²) in [6.45, 7) is 8.33. The van der Waals surface area contributed by atoms with Crippen molar-refractivity contribution in [1.29, 1.82) is 0 Å². The number of hydrogen-bond donors (Lipinski definition) is 2. The molecule has 9 heteroatoms. The standard InChI is InChI=1S/C25H33ClN2O6/c1-5-28(6-2)22(31)15-33-27-18-12-16(3)10-8-7-9-11-17(4)34-25(32)23-19(13-18)24(26)21(30)14-20(23)29/h7,9,12,14,17,29-30H,5-6,8,10-11,13,15H2,1-4H3/t17-/m1/s1. The van der Waals surface area contributed by atoms with Crippen molar-refractivity contribution in [3.8, 4) is 11.5 Å². The Balaban J connectivity index is 2.49. The van der Waals surface area contributed by atoms with E-state index >= 15 is 0 Å². The van der Waals surface area contributed by atoms with Crippen LogP contribution >= 0.6 is 11.6 Å². The quantitative estimate of drug-likeness (QED) is 0.348. The lowest BCUT2D eigenvalue weighted by atomic mass is 9.98. The Labute approximate surface area is 205 Å². The number of carbonyl (C=O) groups is 2. The number of ether oxygens (including phenoxy) is 1. The van der Waals surface area contributed by atoms with Gasteiger partial charge < -0.3 is 24.7 Å². The van der Waals surface area contributed by atoms with Crippen molar-refractivity contribution in [3.05, 3.63) is 46.0 Å². The summed E-state index contributed by atoms with van der Waals surface area (Å²) < 4.78 is 5.49. The van der Waals surface area contributed by atoms with Crippen molar-refractivity contribution < 1.29 is 29.4 Å². The predicted octanol–water partition coefficient (Wildman–Crippen LogP) is 4.77. The molecule has 0 radical (unpaired) electrons. The van der Waals surface area contributed by atoms with E-state index in [0.29, 0.717) is 25.2 Å². The first kappa shape index (κ1) is 27.2. The highest BCUT2D eigenvalue weighted by Gasteiger charge is 2.26. The molecule has 0 bridgehead atoms. The van der Waals surface area contributed by atoms with E-state index in [-0.39, 0.29) is 40.8 Å². The van der Waals surface area contributed by atoms with Gasteiger partial charge >= 0.3 is 5.97 Å². The highest BCUT2D eigenvalue weighted by Crippen LogP contribution is 2.37. The minimum Gasteiger partial charge on any atom is -0.507 e. The second-order valence-electron chi connectivity index (χ2n) is 8.13. The maximum atomic E-state index is 12.9. The average Bonchev–Trinajstić information content (AvgIpc) is 2.77. The molecule has 1 aromatic rings. The van der Waals surface area contributed by atoms with E-state index in [1.165, 1.54) is 0 Å². The number of phenols is 2. The van der Waals surface area contributed by atoms with Gasteiger partial charge in [-0.3, -0.25) is 4.79 Å². The fraction of sp³-hybridized carbons (Fsp3) is 0.480. The Morgan fingerprint density at radius 1 is 1.26 bits per heavy atom. The number of carbonyl (C=O) groups excluding carboxylic acids is 2. The summed E-state index contributed by atoms with van der Waals surface area (Å²) in [6, 6.07) is 1.01. The number of halogens is 1. The molecule has 8 nitrogen and oxygen atoms in total. The van der Waals surface area contributed by atoms with E-state index < -0.39 is 17.8 Å². The first-order chi connectivity index (χ1) is 16.2. The van der Waals surface area contributed by atoms with Crippen LogP contribution in [-0.2, 0) is 20.8 Å². The highest BCUT2D eigenvalue weighted by atomic mass is 35.5.